The Balaban J connectivity index is 2.72. The minimum Gasteiger partial charge on any atom is -0.325 e. The minimum absolute atomic E-state index is 0.0614. The van der Waals surface area contributed by atoms with Crippen LogP contribution in [0.1, 0.15) is 5.69 Å². The van der Waals surface area contributed by atoms with Crippen molar-refractivity contribution in [3.8, 4) is 17.2 Å². The van der Waals surface area contributed by atoms with Crippen LogP contribution in [-0.2, 0) is 6.42 Å². The van der Waals surface area contributed by atoms with Gasteiger partial charge in [-0.25, -0.2) is 0 Å². The predicted molar refractivity (Wildman–Crippen MR) is 76.8 cm³/mol. The Kier molecular flexibility index (Phi) is 4.16. The molecule has 6 heteroatoms. The first-order valence-electron chi connectivity index (χ1n) is 5.27. The van der Waals surface area contributed by atoms with Crippen molar-refractivity contribution in [2.24, 2.45) is 0 Å². The molecule has 0 unspecified atom stereocenters. The van der Waals surface area contributed by atoms with Crippen LogP contribution in [0.25, 0.3) is 11.1 Å². The fourth-order valence-corrected chi connectivity index (χ4v) is 2.44. The lowest BCUT2D eigenvalue weighted by molar-refractivity contribution is 1.08. The molecule has 0 fully saturated rings. The van der Waals surface area contributed by atoms with Gasteiger partial charge in [-0.1, -0.05) is 34.8 Å². The van der Waals surface area contributed by atoms with Crippen molar-refractivity contribution in [1.82, 2.24) is 4.98 Å². The zero-order chi connectivity index (χ0) is 14.0. The number of aromatic nitrogens is 1. The molecular weight excluding hydrogens is 307 g/mol. The number of benzene rings is 1. The summed E-state index contributed by atoms with van der Waals surface area (Å²) in [4.78, 5) is 13.9. The highest BCUT2D eigenvalue weighted by molar-refractivity contribution is 6.45. The van der Waals surface area contributed by atoms with E-state index < -0.39 is 0 Å². The number of aromatic amines is 1. The highest BCUT2D eigenvalue weighted by Crippen LogP contribution is 2.37. The number of H-pyrrole nitrogens is 1. The molecule has 0 saturated carbocycles. The summed E-state index contributed by atoms with van der Waals surface area (Å²) in [6, 6.07) is 8.13. The molecule has 0 radical (unpaired) electrons. The largest absolute Gasteiger partial charge is 0.325 e. The normalized spacial score (nSPS) is 10.2. The molecule has 0 amide bonds. The van der Waals surface area contributed by atoms with Crippen LogP contribution in [0.2, 0.25) is 15.1 Å². The van der Waals surface area contributed by atoms with Gasteiger partial charge in [-0.2, -0.15) is 5.26 Å². The molecule has 1 N–H and O–H groups in total. The molecule has 0 saturated heterocycles. The van der Waals surface area contributed by atoms with Crippen LogP contribution in [0.4, 0.5) is 0 Å². The van der Waals surface area contributed by atoms with Gasteiger partial charge >= 0.3 is 0 Å². The number of hydrogen-bond acceptors (Lipinski definition) is 2. The third kappa shape index (κ3) is 2.93. The van der Waals surface area contributed by atoms with Gasteiger partial charge in [0.1, 0.15) is 0 Å². The number of nitrogens with one attached hydrogen (secondary N) is 1. The smallest absolute Gasteiger partial charge is 0.248 e. The lowest BCUT2D eigenvalue weighted by atomic mass is 10.0. The topological polar surface area (TPSA) is 56.6 Å². The average Bonchev–Trinajstić information content (AvgIpc) is 2.35. The van der Waals surface area contributed by atoms with E-state index in [1.807, 2.05) is 6.07 Å². The molecule has 0 spiro atoms. The van der Waals surface area contributed by atoms with Gasteiger partial charge < -0.3 is 4.98 Å². The van der Waals surface area contributed by atoms with Crippen LogP contribution in [0.5, 0.6) is 0 Å². The molecule has 0 bridgehead atoms. The summed E-state index contributed by atoms with van der Waals surface area (Å²) < 4.78 is 0. The number of rotatable bonds is 2. The maximum absolute atomic E-state index is 11.3. The van der Waals surface area contributed by atoms with E-state index in [1.54, 1.807) is 12.1 Å². The van der Waals surface area contributed by atoms with Crippen molar-refractivity contribution in [3.05, 3.63) is 55.4 Å². The fraction of sp³-hybridized carbons (Fsp3) is 0.0769. The van der Waals surface area contributed by atoms with E-state index in [4.69, 9.17) is 40.1 Å². The molecule has 0 aliphatic carbocycles. The van der Waals surface area contributed by atoms with Crippen molar-refractivity contribution in [2.75, 3.05) is 0 Å². The molecule has 1 aromatic heterocycles. The summed E-state index contributed by atoms with van der Waals surface area (Å²) in [5, 5.41) is 9.88. The van der Waals surface area contributed by atoms with Gasteiger partial charge in [0.15, 0.2) is 0 Å². The molecule has 96 valence electrons. The summed E-state index contributed by atoms with van der Waals surface area (Å²) >= 11 is 18.1. The summed E-state index contributed by atoms with van der Waals surface area (Å²) in [7, 11) is 0. The van der Waals surface area contributed by atoms with Gasteiger partial charge in [0.05, 0.1) is 22.5 Å². The molecule has 2 aromatic rings. The maximum Gasteiger partial charge on any atom is 0.248 e. The molecule has 2 rings (SSSR count). The Morgan fingerprint density at radius 1 is 1.16 bits per heavy atom. The van der Waals surface area contributed by atoms with E-state index in [1.165, 1.54) is 12.1 Å². The quantitative estimate of drug-likeness (QED) is 0.850. The second-order valence-corrected chi connectivity index (χ2v) is 5.02. The zero-order valence-corrected chi connectivity index (χ0v) is 11.8. The molecule has 0 aliphatic heterocycles. The van der Waals surface area contributed by atoms with Crippen LogP contribution in [-0.4, -0.2) is 4.98 Å². The monoisotopic (exact) mass is 312 g/mol. The highest BCUT2D eigenvalue weighted by Gasteiger charge is 2.13. The summed E-state index contributed by atoms with van der Waals surface area (Å²) in [5.74, 6) is 0. The SMILES string of the molecule is N#CCc1[nH]c(=O)ccc1-c1cc(Cl)cc(Cl)c1Cl. The van der Waals surface area contributed by atoms with Crippen LogP contribution < -0.4 is 5.56 Å². The van der Waals surface area contributed by atoms with Gasteiger partial charge in [0.2, 0.25) is 5.56 Å². The van der Waals surface area contributed by atoms with E-state index in [9.17, 15) is 4.79 Å². The number of hydrogen-bond donors (Lipinski definition) is 1. The molecule has 3 nitrogen and oxygen atoms in total. The van der Waals surface area contributed by atoms with Gasteiger partial charge in [0, 0.05) is 27.9 Å². The Hall–Kier alpha value is -1.47. The summed E-state index contributed by atoms with van der Waals surface area (Å²) in [6.07, 6.45) is 0.0614. The lowest BCUT2D eigenvalue weighted by Crippen LogP contribution is -2.08. The van der Waals surface area contributed by atoms with Crippen molar-refractivity contribution in [2.45, 2.75) is 6.42 Å². The fourth-order valence-electron chi connectivity index (χ4n) is 1.74. The van der Waals surface area contributed by atoms with E-state index in [0.29, 0.717) is 31.9 Å². The second kappa shape index (κ2) is 5.66. The first kappa shape index (κ1) is 14.0. The maximum atomic E-state index is 11.3. The highest BCUT2D eigenvalue weighted by atomic mass is 35.5. The Morgan fingerprint density at radius 2 is 1.89 bits per heavy atom. The molecule has 0 aliphatic rings. The number of nitrogens with zero attached hydrogens (tertiary/aromatic N) is 1. The number of nitriles is 1. The summed E-state index contributed by atoms with van der Waals surface area (Å²) in [5.41, 5.74) is 1.42. The van der Waals surface area contributed by atoms with Crippen molar-refractivity contribution in [3.63, 3.8) is 0 Å². The van der Waals surface area contributed by atoms with E-state index >= 15 is 0 Å². The van der Waals surface area contributed by atoms with Crippen LogP contribution >= 0.6 is 34.8 Å². The first-order chi connectivity index (χ1) is 9.02. The number of halogens is 3. The van der Waals surface area contributed by atoms with Crippen molar-refractivity contribution < 1.29 is 0 Å². The summed E-state index contributed by atoms with van der Waals surface area (Å²) in [6.45, 7) is 0. The standard InChI is InChI=1S/C13H7Cl3N2O/c14-7-5-9(13(16)10(15)6-7)8-1-2-12(19)18-11(8)3-4-17/h1-2,5-6H,3H2,(H,18,19). The molecular formula is C13H7Cl3N2O. The van der Waals surface area contributed by atoms with E-state index in [0.717, 1.165) is 0 Å². The van der Waals surface area contributed by atoms with Crippen molar-refractivity contribution >= 4 is 34.8 Å². The molecule has 1 heterocycles. The average molecular weight is 314 g/mol. The van der Waals surface area contributed by atoms with Gasteiger partial charge in [0.25, 0.3) is 0 Å². The minimum atomic E-state index is -0.279. The second-order valence-electron chi connectivity index (χ2n) is 3.80. The van der Waals surface area contributed by atoms with E-state index in [2.05, 4.69) is 4.98 Å². The molecule has 19 heavy (non-hydrogen) atoms. The zero-order valence-electron chi connectivity index (χ0n) is 9.51. The van der Waals surface area contributed by atoms with Crippen LogP contribution in [0.3, 0.4) is 0 Å². The third-order valence-electron chi connectivity index (χ3n) is 2.54. The van der Waals surface area contributed by atoms with Crippen LogP contribution in [0, 0.1) is 11.3 Å². The first-order valence-corrected chi connectivity index (χ1v) is 6.40. The third-order valence-corrected chi connectivity index (χ3v) is 3.56. The Bertz CT molecular complexity index is 732. The number of pyridine rings is 1. The predicted octanol–water partition coefficient (Wildman–Crippen LogP) is 4.07. The van der Waals surface area contributed by atoms with Crippen molar-refractivity contribution in [1.29, 1.82) is 5.26 Å². The lowest BCUT2D eigenvalue weighted by Gasteiger charge is -2.10. The Morgan fingerprint density at radius 3 is 2.58 bits per heavy atom. The van der Waals surface area contributed by atoms with Gasteiger partial charge in [-0.15, -0.1) is 0 Å². The molecule has 1 aromatic carbocycles. The van der Waals surface area contributed by atoms with E-state index in [-0.39, 0.29) is 12.0 Å². The van der Waals surface area contributed by atoms with Gasteiger partial charge in [-0.3, -0.25) is 4.79 Å². The Labute approximate surface area is 124 Å². The van der Waals surface area contributed by atoms with Crippen LogP contribution in [0.15, 0.2) is 29.1 Å². The van der Waals surface area contributed by atoms with Gasteiger partial charge in [-0.05, 0) is 18.2 Å². The molecule has 0 atom stereocenters.